The molecule has 0 aromatic heterocycles. The topological polar surface area (TPSA) is 0 Å². The normalized spacial score (nSPS) is 18.4. The fraction of sp³-hybridized carbons (Fsp3) is 0.111. The van der Waals surface area contributed by atoms with E-state index < -0.39 is 7.38 Å². The Labute approximate surface area is 140 Å². The summed E-state index contributed by atoms with van der Waals surface area (Å²) in [6.07, 6.45) is 7.60. The van der Waals surface area contributed by atoms with Gasteiger partial charge in [0.05, 0.1) is 0 Å². The largest absolute Gasteiger partial charge is 0.224 e. The van der Waals surface area contributed by atoms with Gasteiger partial charge in [-0.2, -0.15) is 11.1 Å². The first-order chi connectivity index (χ1) is 10.2. The van der Waals surface area contributed by atoms with Crippen LogP contribution in [0.15, 0.2) is 83.4 Å². The van der Waals surface area contributed by atoms with E-state index in [0.29, 0.717) is 5.54 Å². The van der Waals surface area contributed by atoms with Crippen LogP contribution in [0, 0.1) is 0 Å². The molecule has 0 aliphatic heterocycles. The molecule has 2 aromatic rings. The molecule has 0 nitrogen and oxygen atoms in total. The van der Waals surface area contributed by atoms with Gasteiger partial charge >= 0.3 is 0 Å². The Morgan fingerprint density at radius 3 is 1.86 bits per heavy atom. The minimum atomic E-state index is -2.31. The van der Waals surface area contributed by atoms with Gasteiger partial charge in [0.1, 0.15) is 0 Å². The summed E-state index contributed by atoms with van der Waals surface area (Å²) < 4.78 is 1.15. The summed E-state index contributed by atoms with van der Waals surface area (Å²) in [6, 6.07) is 21.1. The molecule has 0 radical (unpaired) electrons. The lowest BCUT2D eigenvalue weighted by Gasteiger charge is -2.33. The first-order valence-corrected chi connectivity index (χ1v) is 10.9. The van der Waals surface area contributed by atoms with Gasteiger partial charge in [-0.05, 0) is 22.3 Å². The zero-order valence-corrected chi connectivity index (χ0v) is 14.9. The number of allylic oxidation sites excluding steroid dienone is 4. The molecular weight excluding hydrogens is 360 g/mol. The SMILES string of the molecule is Cl[Si](c1ccccc1)(c1ccccc1)C1C=CC(Br)=CC1. The average molecular weight is 376 g/mol. The molecule has 3 rings (SSSR count). The molecule has 1 unspecified atom stereocenters. The van der Waals surface area contributed by atoms with Crippen LogP contribution in [-0.4, -0.2) is 7.38 Å². The van der Waals surface area contributed by atoms with E-state index in [-0.39, 0.29) is 0 Å². The molecule has 0 saturated carbocycles. The van der Waals surface area contributed by atoms with Crippen LogP contribution in [0.5, 0.6) is 0 Å². The Morgan fingerprint density at radius 1 is 0.905 bits per heavy atom. The smallest absolute Gasteiger partial charge is 0.154 e. The summed E-state index contributed by atoms with van der Waals surface area (Å²) in [6.45, 7) is 0. The van der Waals surface area contributed by atoms with E-state index in [1.807, 2.05) is 12.1 Å². The van der Waals surface area contributed by atoms with Crippen molar-refractivity contribution in [3.63, 3.8) is 0 Å². The van der Waals surface area contributed by atoms with Gasteiger partial charge in [0.25, 0.3) is 0 Å². The molecule has 106 valence electrons. The highest BCUT2D eigenvalue weighted by molar-refractivity contribution is 9.11. The van der Waals surface area contributed by atoms with Crippen molar-refractivity contribution in [2.24, 2.45) is 0 Å². The molecule has 0 spiro atoms. The van der Waals surface area contributed by atoms with Gasteiger partial charge < -0.3 is 0 Å². The fourth-order valence-electron chi connectivity index (χ4n) is 2.85. The third kappa shape index (κ3) is 2.94. The highest BCUT2D eigenvalue weighted by Crippen LogP contribution is 2.35. The zero-order chi connectivity index (χ0) is 14.7. The van der Waals surface area contributed by atoms with Gasteiger partial charge in [0.2, 0.25) is 7.38 Å². The Hall–Kier alpha value is -1.09. The van der Waals surface area contributed by atoms with E-state index in [1.54, 1.807) is 0 Å². The lowest BCUT2D eigenvalue weighted by molar-refractivity contribution is 1.00. The van der Waals surface area contributed by atoms with Crippen molar-refractivity contribution in [1.82, 2.24) is 0 Å². The number of hydrogen-bond acceptors (Lipinski definition) is 0. The third-order valence-corrected chi connectivity index (χ3v) is 10.5. The molecule has 1 aliphatic carbocycles. The maximum atomic E-state index is 7.36. The minimum absolute atomic E-state index is 0.366. The highest BCUT2D eigenvalue weighted by Gasteiger charge is 2.42. The molecule has 0 saturated heterocycles. The maximum Gasteiger partial charge on any atom is 0.224 e. The van der Waals surface area contributed by atoms with Crippen molar-refractivity contribution in [2.45, 2.75) is 12.0 Å². The van der Waals surface area contributed by atoms with Gasteiger partial charge in [-0.1, -0.05) is 94.8 Å². The quantitative estimate of drug-likeness (QED) is 0.543. The maximum absolute atomic E-state index is 7.36. The van der Waals surface area contributed by atoms with Gasteiger partial charge in [-0.15, -0.1) is 0 Å². The summed E-state index contributed by atoms with van der Waals surface area (Å²) in [4.78, 5) is 0. The monoisotopic (exact) mass is 374 g/mol. The van der Waals surface area contributed by atoms with Crippen LogP contribution in [0.25, 0.3) is 0 Å². The Balaban J connectivity index is 2.10. The van der Waals surface area contributed by atoms with Crippen LogP contribution in [0.1, 0.15) is 6.42 Å². The van der Waals surface area contributed by atoms with E-state index in [4.69, 9.17) is 11.1 Å². The number of rotatable bonds is 3. The Morgan fingerprint density at radius 2 is 1.43 bits per heavy atom. The summed E-state index contributed by atoms with van der Waals surface area (Å²) in [7, 11) is -2.31. The lowest BCUT2D eigenvalue weighted by atomic mass is 10.2. The van der Waals surface area contributed by atoms with Crippen molar-refractivity contribution in [2.75, 3.05) is 0 Å². The van der Waals surface area contributed by atoms with Gasteiger partial charge in [0, 0.05) is 4.48 Å². The molecule has 3 heteroatoms. The number of hydrogen-bond donors (Lipinski definition) is 0. The molecule has 1 aliphatic rings. The predicted octanol–water partition coefficient (Wildman–Crippen LogP) is 4.59. The zero-order valence-electron chi connectivity index (χ0n) is 11.5. The van der Waals surface area contributed by atoms with E-state index in [9.17, 15) is 0 Å². The highest BCUT2D eigenvalue weighted by atomic mass is 79.9. The first kappa shape index (κ1) is 14.8. The van der Waals surface area contributed by atoms with Crippen LogP contribution in [-0.2, 0) is 0 Å². The van der Waals surface area contributed by atoms with Crippen molar-refractivity contribution in [1.29, 1.82) is 0 Å². The van der Waals surface area contributed by atoms with E-state index >= 15 is 0 Å². The number of halogens is 2. The van der Waals surface area contributed by atoms with Crippen molar-refractivity contribution < 1.29 is 0 Å². The molecule has 21 heavy (non-hydrogen) atoms. The predicted molar refractivity (Wildman–Crippen MR) is 98.3 cm³/mol. The molecule has 1 atom stereocenters. The molecular formula is C18H16BrClSi. The lowest BCUT2D eigenvalue weighted by Crippen LogP contribution is -2.56. The summed E-state index contributed by atoms with van der Waals surface area (Å²) in [5.41, 5.74) is 0.366. The van der Waals surface area contributed by atoms with Crippen LogP contribution < -0.4 is 10.4 Å². The second kappa shape index (κ2) is 6.35. The van der Waals surface area contributed by atoms with E-state index in [1.165, 1.54) is 10.4 Å². The molecule has 0 amide bonds. The second-order valence-electron chi connectivity index (χ2n) is 5.23. The third-order valence-electron chi connectivity index (χ3n) is 3.95. The van der Waals surface area contributed by atoms with Gasteiger partial charge in [-0.3, -0.25) is 0 Å². The van der Waals surface area contributed by atoms with E-state index in [2.05, 4.69) is 82.7 Å². The number of benzene rings is 2. The second-order valence-corrected chi connectivity index (χ2v) is 11.3. The Kier molecular flexibility index (Phi) is 4.48. The minimum Gasteiger partial charge on any atom is -0.154 e. The summed E-state index contributed by atoms with van der Waals surface area (Å²) in [5, 5.41) is 2.55. The van der Waals surface area contributed by atoms with Crippen LogP contribution in [0.4, 0.5) is 0 Å². The average Bonchev–Trinajstić information content (AvgIpc) is 2.56. The molecule has 0 fully saturated rings. The Bertz CT molecular complexity index is 625. The summed E-state index contributed by atoms with van der Waals surface area (Å²) >= 11 is 10.9. The van der Waals surface area contributed by atoms with Crippen LogP contribution in [0.3, 0.4) is 0 Å². The molecule has 2 aromatic carbocycles. The van der Waals surface area contributed by atoms with Crippen molar-refractivity contribution in [3.8, 4) is 0 Å². The first-order valence-electron chi connectivity index (χ1n) is 7.05. The van der Waals surface area contributed by atoms with Crippen molar-refractivity contribution in [3.05, 3.63) is 83.4 Å². The molecule has 0 heterocycles. The fourth-order valence-corrected chi connectivity index (χ4v) is 7.78. The standard InChI is InChI=1S/C18H16BrClSi/c19-15-11-13-18(14-12-15)21(20,16-7-3-1-4-8-16)17-9-5-2-6-10-17/h1-13,18H,14H2. The summed E-state index contributed by atoms with van der Waals surface area (Å²) in [5.74, 6) is 0. The van der Waals surface area contributed by atoms with E-state index in [0.717, 1.165) is 10.9 Å². The van der Waals surface area contributed by atoms with Crippen molar-refractivity contribution >= 4 is 44.8 Å². The van der Waals surface area contributed by atoms with Gasteiger partial charge in [0.15, 0.2) is 0 Å². The molecule has 0 N–H and O–H groups in total. The van der Waals surface area contributed by atoms with Gasteiger partial charge in [-0.25, -0.2) is 0 Å². The molecule has 0 bridgehead atoms. The van der Waals surface area contributed by atoms with Crippen LogP contribution in [0.2, 0.25) is 5.54 Å². The van der Waals surface area contributed by atoms with Crippen LogP contribution >= 0.6 is 27.0 Å².